The number of anilines is 1. The summed E-state index contributed by atoms with van der Waals surface area (Å²) in [4.78, 5) is 31.0. The van der Waals surface area contributed by atoms with Gasteiger partial charge < -0.3 is 41.2 Å². The molecule has 12 heteroatoms. The van der Waals surface area contributed by atoms with Gasteiger partial charge in [-0.1, -0.05) is 17.0 Å². The molecule has 8 nitrogen and oxygen atoms in total. The average Bonchev–Trinajstić information content (AvgIpc) is 2.50. The summed E-state index contributed by atoms with van der Waals surface area (Å²) < 4.78 is 0. The molecule has 2 aromatic carbocycles. The first-order valence-electron chi connectivity index (χ1n) is 6.12. The standard InChI is InChI=1S/C7H5NO4S.C7H7NO2S.2Zn/c9-7(10)4-1-2-6(13)5(3-4)8(11)12;8-5-3-4(7(9)10)1-2-6(5)11;;/h1-3,13H,(H,9,10);1-3,11H,8H2,(H,9,10);;/q;;2*+2/p-2. The van der Waals surface area contributed by atoms with Crippen molar-refractivity contribution in [3.63, 3.8) is 0 Å². The number of nitro benzene ring substituents is 1. The molecule has 0 spiro atoms. The van der Waals surface area contributed by atoms with E-state index in [1.807, 2.05) is 0 Å². The Balaban J connectivity index is 0. The van der Waals surface area contributed by atoms with E-state index in [1.54, 1.807) is 0 Å². The molecular weight excluding hydrogens is 487 g/mol. The molecule has 0 saturated carbocycles. The van der Waals surface area contributed by atoms with Crippen molar-refractivity contribution in [1.82, 2.24) is 0 Å². The van der Waals surface area contributed by atoms with Crippen LogP contribution >= 0.6 is 0 Å². The van der Waals surface area contributed by atoms with Crippen molar-refractivity contribution in [2.45, 2.75) is 9.79 Å². The quantitative estimate of drug-likeness (QED) is 0.191. The van der Waals surface area contributed by atoms with E-state index in [4.69, 9.17) is 28.6 Å². The summed E-state index contributed by atoms with van der Waals surface area (Å²) in [5.74, 6) is -2.20. The SMILES string of the molecule is Nc1cc(C(=O)O)ccc1[S-].O=C(O)c1ccc([S-])c([N+](=O)[O-])c1.[Zn+2].[Zn+2]. The number of carboxylic acid groups (broad SMARTS) is 2. The maximum absolute atomic E-state index is 10.4. The number of nitro groups is 1. The summed E-state index contributed by atoms with van der Waals surface area (Å²) in [6, 6.07) is 7.71. The Morgan fingerprint density at radius 2 is 1.35 bits per heavy atom. The Morgan fingerprint density at radius 3 is 1.73 bits per heavy atom. The monoisotopic (exact) mass is 494 g/mol. The van der Waals surface area contributed by atoms with Crippen molar-refractivity contribution < 1.29 is 63.7 Å². The van der Waals surface area contributed by atoms with Crippen LogP contribution in [-0.4, -0.2) is 27.1 Å². The molecule has 0 aliphatic rings. The van der Waals surface area contributed by atoms with Crippen molar-refractivity contribution in [2.24, 2.45) is 0 Å². The molecule has 0 radical (unpaired) electrons. The molecule has 2 aromatic rings. The summed E-state index contributed by atoms with van der Waals surface area (Å²) in [5.41, 5.74) is 5.40. The zero-order valence-electron chi connectivity index (χ0n) is 13.2. The molecule has 0 aliphatic heterocycles. The fourth-order valence-corrected chi connectivity index (χ4v) is 1.80. The molecule has 0 aromatic heterocycles. The smallest absolute Gasteiger partial charge is 0.778 e. The van der Waals surface area contributed by atoms with Gasteiger partial charge in [0.15, 0.2) is 0 Å². The third kappa shape index (κ3) is 7.66. The van der Waals surface area contributed by atoms with Gasteiger partial charge in [0.1, 0.15) is 0 Å². The Labute approximate surface area is 184 Å². The van der Waals surface area contributed by atoms with E-state index in [1.165, 1.54) is 30.3 Å². The second-order valence-corrected chi connectivity index (χ2v) is 5.18. The van der Waals surface area contributed by atoms with E-state index < -0.39 is 16.9 Å². The molecule has 0 bridgehead atoms. The fourth-order valence-electron chi connectivity index (χ4n) is 1.47. The van der Waals surface area contributed by atoms with Crippen LogP contribution in [0, 0.1) is 10.1 Å². The molecule has 0 fully saturated rings. The zero-order valence-corrected chi connectivity index (χ0v) is 20.8. The maximum atomic E-state index is 10.4. The van der Waals surface area contributed by atoms with Crippen molar-refractivity contribution in [3.05, 3.63) is 57.6 Å². The van der Waals surface area contributed by atoms with Crippen LogP contribution in [0.25, 0.3) is 0 Å². The summed E-state index contributed by atoms with van der Waals surface area (Å²) in [7, 11) is 0. The number of benzene rings is 2. The van der Waals surface area contributed by atoms with Gasteiger partial charge in [-0.05, 0) is 18.2 Å². The summed E-state index contributed by atoms with van der Waals surface area (Å²) in [6.45, 7) is 0. The Morgan fingerprint density at radius 1 is 0.923 bits per heavy atom. The molecule has 4 N–H and O–H groups in total. The van der Waals surface area contributed by atoms with Crippen LogP contribution in [0.4, 0.5) is 11.4 Å². The minimum absolute atomic E-state index is 0. The van der Waals surface area contributed by atoms with Gasteiger partial charge in [0.25, 0.3) is 5.69 Å². The first kappa shape index (κ1) is 26.5. The van der Waals surface area contributed by atoms with Gasteiger partial charge in [0.05, 0.1) is 16.1 Å². The number of rotatable bonds is 3. The van der Waals surface area contributed by atoms with Crippen LogP contribution in [0.1, 0.15) is 20.7 Å². The molecule has 2 rings (SSSR count). The second-order valence-electron chi connectivity index (χ2n) is 4.30. The van der Waals surface area contributed by atoms with Crippen molar-refractivity contribution in [3.8, 4) is 0 Å². The molecule has 26 heavy (non-hydrogen) atoms. The third-order valence-electron chi connectivity index (χ3n) is 2.66. The molecule has 126 valence electrons. The first-order valence-corrected chi connectivity index (χ1v) is 6.93. The predicted molar refractivity (Wildman–Crippen MR) is 89.1 cm³/mol. The first-order chi connectivity index (χ1) is 11.1. The molecule has 0 amide bonds. The van der Waals surface area contributed by atoms with Crippen LogP contribution in [0.3, 0.4) is 0 Å². The second kappa shape index (κ2) is 11.8. The number of hydrogen-bond donors (Lipinski definition) is 3. The van der Waals surface area contributed by atoms with E-state index >= 15 is 0 Å². The van der Waals surface area contributed by atoms with Gasteiger partial charge in [-0.2, -0.15) is 4.90 Å². The van der Waals surface area contributed by atoms with Gasteiger partial charge in [-0.25, -0.2) is 9.59 Å². The van der Waals surface area contributed by atoms with E-state index in [9.17, 15) is 19.7 Å². The minimum atomic E-state index is -1.21. The van der Waals surface area contributed by atoms with Crippen LogP contribution in [0.2, 0.25) is 0 Å². The number of carboxylic acids is 2. The molecule has 0 aliphatic carbocycles. The van der Waals surface area contributed by atoms with Crippen molar-refractivity contribution in [2.75, 3.05) is 5.73 Å². The number of carbonyl (C=O) groups is 2. The van der Waals surface area contributed by atoms with Gasteiger partial charge in [-0.15, -0.1) is 0 Å². The number of nitrogens with zero attached hydrogens (tertiary/aromatic N) is 1. The fraction of sp³-hybridized carbons (Fsp3) is 0. The maximum Gasteiger partial charge on any atom is 2.00 e. The number of nitrogen functional groups attached to an aromatic ring is 1. The number of nitrogens with two attached hydrogens (primary N) is 1. The molecule has 0 heterocycles. The Hall–Kier alpha value is -1.73. The number of hydrogen-bond acceptors (Lipinski definition) is 7. The van der Waals surface area contributed by atoms with E-state index in [2.05, 4.69) is 12.6 Å². The van der Waals surface area contributed by atoms with Crippen molar-refractivity contribution >= 4 is 48.6 Å². The molecule has 0 atom stereocenters. The third-order valence-corrected chi connectivity index (χ3v) is 3.38. The van der Waals surface area contributed by atoms with Gasteiger partial charge in [-0.3, -0.25) is 10.1 Å². The topological polar surface area (TPSA) is 144 Å². The summed E-state index contributed by atoms with van der Waals surface area (Å²) in [6.07, 6.45) is 0. The van der Waals surface area contributed by atoms with Crippen molar-refractivity contribution in [1.29, 1.82) is 0 Å². The largest absolute Gasteiger partial charge is 2.00 e. The van der Waals surface area contributed by atoms with Gasteiger partial charge in [0.2, 0.25) is 0 Å². The van der Waals surface area contributed by atoms with Gasteiger partial charge in [0, 0.05) is 11.8 Å². The van der Waals surface area contributed by atoms with Crippen LogP contribution in [-0.2, 0) is 64.2 Å². The normalized spacial score (nSPS) is 8.77. The zero-order chi connectivity index (χ0) is 18.4. The molecular formula is C14H10N2O6S2Zn2+2. The molecule has 0 unspecified atom stereocenters. The minimum Gasteiger partial charge on any atom is -0.778 e. The average molecular weight is 497 g/mol. The summed E-state index contributed by atoms with van der Waals surface area (Å²) in [5, 5.41) is 27.4. The number of aromatic carboxylic acids is 2. The summed E-state index contributed by atoms with van der Waals surface area (Å²) >= 11 is 9.42. The Bertz CT molecular complexity index is 820. The van der Waals surface area contributed by atoms with E-state index in [0.29, 0.717) is 10.6 Å². The molecule has 0 saturated heterocycles. The van der Waals surface area contributed by atoms with E-state index in [0.717, 1.165) is 6.07 Å². The predicted octanol–water partition coefficient (Wildman–Crippen LogP) is 2.07. The van der Waals surface area contributed by atoms with Crippen LogP contribution < -0.4 is 5.73 Å². The van der Waals surface area contributed by atoms with Crippen LogP contribution in [0.15, 0.2) is 46.2 Å². The Kier molecular flexibility index (Phi) is 12.0. The van der Waals surface area contributed by atoms with Crippen LogP contribution in [0.5, 0.6) is 0 Å². The van der Waals surface area contributed by atoms with Gasteiger partial charge >= 0.3 is 50.9 Å². The van der Waals surface area contributed by atoms with E-state index in [-0.39, 0.29) is 60.7 Å².